The molecule has 1 aliphatic rings. The summed E-state index contributed by atoms with van der Waals surface area (Å²) in [6.45, 7) is 4.65. The van der Waals surface area contributed by atoms with Crippen molar-refractivity contribution in [1.29, 1.82) is 0 Å². The molecule has 0 bridgehead atoms. The van der Waals surface area contributed by atoms with Crippen LogP contribution in [0.2, 0.25) is 0 Å². The van der Waals surface area contributed by atoms with Gasteiger partial charge in [0, 0.05) is 44.8 Å². The topological polar surface area (TPSA) is 48.3 Å². The summed E-state index contributed by atoms with van der Waals surface area (Å²) in [5.74, 6) is 0. The van der Waals surface area contributed by atoms with Gasteiger partial charge < -0.3 is 13.4 Å². The van der Waals surface area contributed by atoms with Crippen LogP contribution < -0.4 is 5.43 Å². The van der Waals surface area contributed by atoms with Crippen LogP contribution in [0.15, 0.2) is 129 Å². The number of hydrogen-bond donors (Lipinski definition) is 0. The van der Waals surface area contributed by atoms with Crippen molar-refractivity contribution in [2.75, 3.05) is 0 Å². The number of para-hydroxylation sites is 2. The molecule has 3 heterocycles. The second-order valence-electron chi connectivity index (χ2n) is 12.5. The first-order valence-corrected chi connectivity index (χ1v) is 15.0. The number of rotatable bonds is 1. The zero-order valence-electron chi connectivity index (χ0n) is 24.1. The third kappa shape index (κ3) is 2.95. The van der Waals surface area contributed by atoms with E-state index in [1.165, 1.54) is 38.5 Å². The van der Waals surface area contributed by atoms with Crippen molar-refractivity contribution in [2.45, 2.75) is 19.3 Å². The summed E-state index contributed by atoms with van der Waals surface area (Å²) >= 11 is 0. The van der Waals surface area contributed by atoms with Crippen LogP contribution in [0.1, 0.15) is 25.0 Å². The predicted octanol–water partition coefficient (Wildman–Crippen LogP) is 10.2. The average molecular weight is 568 g/mol. The molecule has 44 heavy (non-hydrogen) atoms. The summed E-state index contributed by atoms with van der Waals surface area (Å²) in [4.78, 5) is 13.4. The molecule has 0 aliphatic heterocycles. The van der Waals surface area contributed by atoms with Crippen LogP contribution in [-0.2, 0) is 5.41 Å². The molecule has 1 aliphatic carbocycles. The molecule has 208 valence electrons. The Hall–Kier alpha value is -5.61. The van der Waals surface area contributed by atoms with Gasteiger partial charge in [-0.15, -0.1) is 0 Å². The molecule has 0 saturated heterocycles. The maximum atomic E-state index is 13.4. The molecule has 3 aromatic heterocycles. The van der Waals surface area contributed by atoms with Gasteiger partial charge in [-0.1, -0.05) is 68.4 Å². The second kappa shape index (κ2) is 8.06. The standard InChI is InChI=1S/C40H25NO3/c1-40(2)31-12-6-3-9-23(31)27-20-34-28(19-32(27)40)24-10-4-7-13-33(24)41(34)22-15-16-25-29-18-30-38(21-37(29)44-36(25)17-22)43-35-14-8-5-11-26(35)39(30)42/h3-21H,1-2H3. The maximum Gasteiger partial charge on any atom is 0.200 e. The van der Waals surface area contributed by atoms with E-state index < -0.39 is 0 Å². The summed E-state index contributed by atoms with van der Waals surface area (Å²) in [6.07, 6.45) is 0. The minimum atomic E-state index is -0.0673. The van der Waals surface area contributed by atoms with Crippen molar-refractivity contribution >= 4 is 65.7 Å². The summed E-state index contributed by atoms with van der Waals surface area (Å²) < 4.78 is 14.9. The highest BCUT2D eigenvalue weighted by atomic mass is 16.3. The van der Waals surface area contributed by atoms with E-state index in [2.05, 4.69) is 97.3 Å². The van der Waals surface area contributed by atoms with E-state index in [4.69, 9.17) is 8.83 Å². The third-order valence-corrected chi connectivity index (χ3v) is 9.79. The zero-order valence-corrected chi connectivity index (χ0v) is 24.1. The molecule has 10 rings (SSSR count). The fourth-order valence-electron chi connectivity index (χ4n) is 7.64. The minimum Gasteiger partial charge on any atom is -0.456 e. The number of nitrogens with zero attached hydrogens (tertiary/aromatic N) is 1. The van der Waals surface area contributed by atoms with E-state index in [-0.39, 0.29) is 10.8 Å². The van der Waals surface area contributed by atoms with Crippen molar-refractivity contribution < 1.29 is 8.83 Å². The van der Waals surface area contributed by atoms with Gasteiger partial charge in [-0.05, 0) is 70.8 Å². The quantitative estimate of drug-likeness (QED) is 0.185. The number of furan rings is 1. The van der Waals surface area contributed by atoms with E-state index in [1.807, 2.05) is 36.4 Å². The smallest absolute Gasteiger partial charge is 0.200 e. The highest BCUT2D eigenvalue weighted by Gasteiger charge is 2.36. The summed E-state index contributed by atoms with van der Waals surface area (Å²) in [5.41, 5.74) is 11.2. The van der Waals surface area contributed by atoms with Crippen molar-refractivity contribution in [3.8, 4) is 16.8 Å². The van der Waals surface area contributed by atoms with E-state index in [1.54, 1.807) is 0 Å². The largest absolute Gasteiger partial charge is 0.456 e. The lowest BCUT2D eigenvalue weighted by Crippen LogP contribution is -2.14. The Labute approximate surface area is 251 Å². The summed E-state index contributed by atoms with van der Waals surface area (Å²) in [6, 6.07) is 39.7. The van der Waals surface area contributed by atoms with E-state index in [9.17, 15) is 4.79 Å². The molecule has 6 aromatic carbocycles. The molecule has 9 aromatic rings. The fourth-order valence-corrected chi connectivity index (χ4v) is 7.64. The first-order valence-electron chi connectivity index (χ1n) is 15.0. The Morgan fingerprint density at radius 1 is 0.500 bits per heavy atom. The van der Waals surface area contributed by atoms with Crippen LogP contribution in [0.25, 0.3) is 82.5 Å². The zero-order chi connectivity index (χ0) is 29.3. The number of hydrogen-bond acceptors (Lipinski definition) is 3. The third-order valence-electron chi connectivity index (χ3n) is 9.79. The van der Waals surface area contributed by atoms with Crippen molar-refractivity contribution in [3.05, 3.63) is 137 Å². The Bertz CT molecular complexity index is 2770. The van der Waals surface area contributed by atoms with E-state index in [0.717, 1.165) is 27.6 Å². The van der Waals surface area contributed by atoms with Gasteiger partial charge in [0.2, 0.25) is 5.43 Å². The lowest BCUT2D eigenvalue weighted by atomic mass is 9.82. The molecular weight excluding hydrogens is 542 g/mol. The fraction of sp³-hybridized carbons (Fsp3) is 0.0750. The molecular formula is C40H25NO3. The summed E-state index contributed by atoms with van der Waals surface area (Å²) in [7, 11) is 0. The van der Waals surface area contributed by atoms with Crippen LogP contribution in [0.3, 0.4) is 0 Å². The van der Waals surface area contributed by atoms with Gasteiger partial charge in [0.25, 0.3) is 0 Å². The summed E-state index contributed by atoms with van der Waals surface area (Å²) in [5, 5.41) is 5.48. The molecule has 0 N–H and O–H groups in total. The van der Waals surface area contributed by atoms with Crippen molar-refractivity contribution in [3.63, 3.8) is 0 Å². The number of benzene rings is 6. The van der Waals surface area contributed by atoms with Crippen LogP contribution in [0, 0.1) is 0 Å². The highest BCUT2D eigenvalue weighted by molar-refractivity contribution is 6.13. The second-order valence-corrected chi connectivity index (χ2v) is 12.5. The Morgan fingerprint density at radius 2 is 1.23 bits per heavy atom. The minimum absolute atomic E-state index is 0.0303. The lowest BCUT2D eigenvalue weighted by Gasteiger charge is -2.21. The van der Waals surface area contributed by atoms with Gasteiger partial charge in [0.1, 0.15) is 22.3 Å². The lowest BCUT2D eigenvalue weighted by molar-refractivity contribution is 0.650. The molecule has 0 atom stereocenters. The van der Waals surface area contributed by atoms with Crippen LogP contribution >= 0.6 is 0 Å². The van der Waals surface area contributed by atoms with Gasteiger partial charge in [-0.2, -0.15) is 0 Å². The molecule has 0 saturated carbocycles. The first kappa shape index (κ1) is 23.9. The monoisotopic (exact) mass is 567 g/mol. The maximum absolute atomic E-state index is 13.4. The van der Waals surface area contributed by atoms with Gasteiger partial charge in [-0.3, -0.25) is 4.79 Å². The van der Waals surface area contributed by atoms with E-state index >= 15 is 0 Å². The predicted molar refractivity (Wildman–Crippen MR) is 179 cm³/mol. The highest BCUT2D eigenvalue weighted by Crippen LogP contribution is 2.51. The molecule has 0 unspecified atom stereocenters. The molecule has 4 heteroatoms. The van der Waals surface area contributed by atoms with Crippen molar-refractivity contribution in [1.82, 2.24) is 4.57 Å². The molecule has 0 fully saturated rings. The van der Waals surface area contributed by atoms with Gasteiger partial charge in [-0.25, -0.2) is 0 Å². The van der Waals surface area contributed by atoms with Crippen molar-refractivity contribution in [2.24, 2.45) is 0 Å². The average Bonchev–Trinajstić information content (AvgIpc) is 3.64. The molecule has 0 spiro atoms. The van der Waals surface area contributed by atoms with E-state index in [0.29, 0.717) is 27.5 Å². The Balaban J connectivity index is 1.24. The molecule has 0 amide bonds. The van der Waals surface area contributed by atoms with Crippen LogP contribution in [-0.4, -0.2) is 4.57 Å². The molecule has 4 nitrogen and oxygen atoms in total. The Morgan fingerprint density at radius 3 is 2.14 bits per heavy atom. The number of aromatic nitrogens is 1. The normalized spacial score (nSPS) is 14.0. The Kier molecular flexibility index (Phi) is 4.38. The van der Waals surface area contributed by atoms with Gasteiger partial charge in [0.15, 0.2) is 0 Å². The van der Waals surface area contributed by atoms with Crippen LogP contribution in [0.5, 0.6) is 0 Å². The SMILES string of the molecule is CC1(C)c2ccccc2-c2cc3c(cc21)c1ccccc1n3-c1ccc2c(c1)oc1cc3oc4ccccc4c(=O)c3cc12. The van der Waals surface area contributed by atoms with Gasteiger partial charge in [0.05, 0.1) is 21.8 Å². The van der Waals surface area contributed by atoms with Gasteiger partial charge >= 0.3 is 0 Å². The molecule has 0 radical (unpaired) electrons. The number of fused-ring (bicyclic) bond motifs is 11. The first-order chi connectivity index (χ1) is 21.5. The van der Waals surface area contributed by atoms with Crippen LogP contribution in [0.4, 0.5) is 0 Å².